The summed E-state index contributed by atoms with van der Waals surface area (Å²) in [6.07, 6.45) is 3.70. The van der Waals surface area contributed by atoms with Gasteiger partial charge in [0.1, 0.15) is 16.2 Å². The van der Waals surface area contributed by atoms with Crippen LogP contribution in [0.1, 0.15) is 17.2 Å². The summed E-state index contributed by atoms with van der Waals surface area (Å²) in [5.74, 6) is 0.750. The molecule has 2 aromatic rings. The van der Waals surface area contributed by atoms with Crippen molar-refractivity contribution < 1.29 is 14.3 Å². The summed E-state index contributed by atoms with van der Waals surface area (Å²) in [4.78, 5) is 15.0. The minimum atomic E-state index is -0.279. The van der Waals surface area contributed by atoms with E-state index in [4.69, 9.17) is 21.7 Å². The summed E-state index contributed by atoms with van der Waals surface area (Å²) >= 11 is 6.70. The van der Waals surface area contributed by atoms with Gasteiger partial charge in [-0.05, 0) is 29.4 Å². The molecule has 0 radical (unpaired) electrons. The summed E-state index contributed by atoms with van der Waals surface area (Å²) < 4.78 is 11.9. The molecule has 0 N–H and O–H groups in total. The average Bonchev–Trinajstić information content (AvgIpc) is 2.99. The molecule has 0 saturated carbocycles. The number of amides is 1. The first-order chi connectivity index (χ1) is 13.7. The van der Waals surface area contributed by atoms with Crippen LogP contribution < -0.4 is 4.74 Å². The van der Waals surface area contributed by atoms with Crippen LogP contribution in [0, 0.1) is 0 Å². The fourth-order valence-corrected chi connectivity index (χ4v) is 4.50. The molecular formula is C22H19NO3S2. The Hall–Kier alpha value is -2.41. The number of rotatable bonds is 5. The molecule has 1 atom stereocenters. The molecule has 0 aromatic heterocycles. The van der Waals surface area contributed by atoms with Gasteiger partial charge in [0.05, 0.1) is 18.1 Å². The van der Waals surface area contributed by atoms with Crippen LogP contribution in [-0.2, 0) is 9.53 Å². The van der Waals surface area contributed by atoms with Crippen molar-refractivity contribution in [3.63, 3.8) is 0 Å². The first kappa shape index (κ1) is 18.9. The van der Waals surface area contributed by atoms with E-state index in [0.29, 0.717) is 22.4 Å². The lowest BCUT2D eigenvalue weighted by atomic mass is 9.95. The van der Waals surface area contributed by atoms with Crippen LogP contribution in [0.2, 0.25) is 0 Å². The molecule has 4 rings (SSSR count). The number of carbonyl (C=O) groups excluding carboxylic acids is 1. The molecule has 1 amide bonds. The summed E-state index contributed by atoms with van der Waals surface area (Å²) in [6.45, 7) is 0.907. The van der Waals surface area contributed by atoms with E-state index < -0.39 is 0 Å². The first-order valence-electron chi connectivity index (χ1n) is 8.94. The van der Waals surface area contributed by atoms with Crippen molar-refractivity contribution in [1.29, 1.82) is 0 Å². The highest BCUT2D eigenvalue weighted by Crippen LogP contribution is 2.40. The minimum Gasteiger partial charge on any atom is -0.480 e. The molecule has 0 aliphatic carbocycles. The smallest absolute Gasteiger partial charge is 0.266 e. The average molecular weight is 410 g/mol. The molecule has 1 fully saturated rings. The second-order valence-electron chi connectivity index (χ2n) is 6.42. The molecule has 2 aliphatic heterocycles. The lowest BCUT2D eigenvalue weighted by Gasteiger charge is -2.26. The maximum Gasteiger partial charge on any atom is 0.266 e. The summed E-state index contributed by atoms with van der Waals surface area (Å²) in [7, 11) is 1.61. The van der Waals surface area contributed by atoms with Gasteiger partial charge in [-0.1, -0.05) is 72.5 Å². The Morgan fingerprint density at radius 1 is 1.18 bits per heavy atom. The first-order valence-corrected chi connectivity index (χ1v) is 10.2. The van der Waals surface area contributed by atoms with Crippen LogP contribution in [0.25, 0.3) is 6.08 Å². The van der Waals surface area contributed by atoms with E-state index in [2.05, 4.69) is 6.08 Å². The van der Waals surface area contributed by atoms with Crippen LogP contribution in [0.3, 0.4) is 0 Å². The normalized spacial score (nSPS) is 20.2. The third kappa shape index (κ3) is 3.76. The standard InChI is InChI=1S/C22H19NO3S2/c1-25-12-11-23-21(24)19(28-22(23)27)14-17-13-16-9-5-6-10-18(16)26-20(17)15-7-3-2-4-8-15/h2-10,13-14,20H,11-12H2,1H3/b19-14-/t20-/m1/s1. The van der Waals surface area contributed by atoms with E-state index in [9.17, 15) is 4.79 Å². The lowest BCUT2D eigenvalue weighted by Crippen LogP contribution is -2.31. The van der Waals surface area contributed by atoms with Crippen LogP contribution in [0.5, 0.6) is 5.75 Å². The van der Waals surface area contributed by atoms with E-state index in [0.717, 1.165) is 22.4 Å². The molecule has 2 aromatic carbocycles. The molecule has 6 heteroatoms. The monoisotopic (exact) mass is 409 g/mol. The summed E-state index contributed by atoms with van der Waals surface area (Å²) in [5, 5.41) is 0. The van der Waals surface area contributed by atoms with Crippen molar-refractivity contribution >= 4 is 40.3 Å². The maximum absolute atomic E-state index is 12.8. The van der Waals surface area contributed by atoms with E-state index in [1.807, 2.05) is 60.7 Å². The number of fused-ring (bicyclic) bond motifs is 1. The Labute approximate surface area is 173 Å². The molecule has 142 valence electrons. The number of hydrogen-bond acceptors (Lipinski definition) is 5. The molecule has 0 bridgehead atoms. The Balaban J connectivity index is 1.71. The number of nitrogens with zero attached hydrogens (tertiary/aromatic N) is 1. The topological polar surface area (TPSA) is 38.8 Å². The van der Waals surface area contributed by atoms with Gasteiger partial charge < -0.3 is 9.47 Å². The molecule has 0 unspecified atom stereocenters. The number of carbonyl (C=O) groups is 1. The van der Waals surface area contributed by atoms with Gasteiger partial charge in [0, 0.05) is 12.7 Å². The maximum atomic E-state index is 12.8. The Kier molecular flexibility index (Phi) is 5.62. The van der Waals surface area contributed by atoms with Gasteiger partial charge >= 0.3 is 0 Å². The summed E-state index contributed by atoms with van der Waals surface area (Å²) in [6, 6.07) is 17.9. The third-order valence-corrected chi connectivity index (χ3v) is 5.96. The van der Waals surface area contributed by atoms with Gasteiger partial charge in [0.15, 0.2) is 0 Å². The van der Waals surface area contributed by atoms with Crippen LogP contribution in [0.15, 0.2) is 71.2 Å². The Morgan fingerprint density at radius 3 is 2.71 bits per heavy atom. The summed E-state index contributed by atoms with van der Waals surface area (Å²) in [5.41, 5.74) is 2.96. The number of benzene rings is 2. The van der Waals surface area contributed by atoms with E-state index in [1.165, 1.54) is 11.8 Å². The van der Waals surface area contributed by atoms with Crippen molar-refractivity contribution in [2.75, 3.05) is 20.3 Å². The highest BCUT2D eigenvalue weighted by molar-refractivity contribution is 8.26. The van der Waals surface area contributed by atoms with Crippen molar-refractivity contribution in [2.24, 2.45) is 0 Å². The molecule has 4 nitrogen and oxygen atoms in total. The zero-order valence-corrected chi connectivity index (χ0v) is 17.0. The Bertz CT molecular complexity index is 969. The molecule has 0 spiro atoms. The predicted octanol–water partition coefficient (Wildman–Crippen LogP) is 4.59. The van der Waals surface area contributed by atoms with Gasteiger partial charge in [-0.2, -0.15) is 0 Å². The van der Waals surface area contributed by atoms with Crippen LogP contribution in [0.4, 0.5) is 0 Å². The van der Waals surface area contributed by atoms with Gasteiger partial charge in [0.25, 0.3) is 5.91 Å². The van der Waals surface area contributed by atoms with E-state index in [-0.39, 0.29) is 12.0 Å². The van der Waals surface area contributed by atoms with Crippen molar-refractivity contribution in [3.05, 3.63) is 82.3 Å². The number of ether oxygens (including phenoxy) is 2. The number of thioether (sulfide) groups is 1. The lowest BCUT2D eigenvalue weighted by molar-refractivity contribution is -0.122. The van der Waals surface area contributed by atoms with Crippen molar-refractivity contribution in [2.45, 2.75) is 6.10 Å². The minimum absolute atomic E-state index is 0.0846. The van der Waals surface area contributed by atoms with Crippen molar-refractivity contribution in [3.8, 4) is 5.75 Å². The number of thiocarbonyl (C=S) groups is 1. The largest absolute Gasteiger partial charge is 0.480 e. The van der Waals surface area contributed by atoms with E-state index in [1.54, 1.807) is 12.0 Å². The number of hydrogen-bond donors (Lipinski definition) is 0. The fourth-order valence-electron chi connectivity index (χ4n) is 3.19. The van der Waals surface area contributed by atoms with Crippen LogP contribution >= 0.6 is 24.0 Å². The SMILES string of the molecule is COCCN1C(=O)/C(=C/C2=Cc3ccccc3O[C@@H]2c2ccccc2)SC1=S. The second-order valence-corrected chi connectivity index (χ2v) is 8.09. The number of para-hydroxylation sites is 1. The highest BCUT2D eigenvalue weighted by atomic mass is 32.2. The molecule has 1 saturated heterocycles. The quantitative estimate of drug-likeness (QED) is 0.533. The molecule has 2 heterocycles. The van der Waals surface area contributed by atoms with Crippen molar-refractivity contribution in [1.82, 2.24) is 4.90 Å². The van der Waals surface area contributed by atoms with Gasteiger partial charge in [0.2, 0.25) is 0 Å². The van der Waals surface area contributed by atoms with Gasteiger partial charge in [-0.25, -0.2) is 0 Å². The molecule has 28 heavy (non-hydrogen) atoms. The number of methoxy groups -OCH3 is 1. The highest BCUT2D eigenvalue weighted by Gasteiger charge is 2.33. The molecular weight excluding hydrogens is 390 g/mol. The zero-order valence-electron chi connectivity index (χ0n) is 15.3. The zero-order chi connectivity index (χ0) is 19.5. The Morgan fingerprint density at radius 2 is 1.93 bits per heavy atom. The van der Waals surface area contributed by atoms with Gasteiger partial charge in [-0.3, -0.25) is 9.69 Å². The van der Waals surface area contributed by atoms with Crippen LogP contribution in [-0.4, -0.2) is 35.4 Å². The van der Waals surface area contributed by atoms with Gasteiger partial charge in [-0.15, -0.1) is 0 Å². The second kappa shape index (κ2) is 8.31. The predicted molar refractivity (Wildman–Crippen MR) is 116 cm³/mol. The third-order valence-electron chi connectivity index (χ3n) is 4.58. The fraction of sp³-hybridized carbons (Fsp3) is 0.182. The molecule has 2 aliphatic rings. The van der Waals surface area contributed by atoms with E-state index >= 15 is 0 Å².